The van der Waals surface area contributed by atoms with Gasteiger partial charge in [-0.05, 0) is 23.8 Å². The molecule has 1 aliphatic rings. The quantitative estimate of drug-likeness (QED) is 0.459. The largest absolute Gasteiger partial charge is 0.482 e. The summed E-state index contributed by atoms with van der Waals surface area (Å²) in [6.45, 7) is 3.37. The molecule has 0 radical (unpaired) electrons. The lowest BCUT2D eigenvalue weighted by atomic mass is 10.1. The van der Waals surface area contributed by atoms with Crippen molar-refractivity contribution in [3.63, 3.8) is 0 Å². The van der Waals surface area contributed by atoms with Crippen LogP contribution in [0.2, 0.25) is 0 Å². The minimum Gasteiger partial charge on any atom is -0.482 e. The van der Waals surface area contributed by atoms with E-state index in [9.17, 15) is 9.59 Å². The van der Waals surface area contributed by atoms with Crippen LogP contribution in [0.1, 0.15) is 15.9 Å². The van der Waals surface area contributed by atoms with Crippen molar-refractivity contribution >= 4 is 17.8 Å². The lowest BCUT2D eigenvalue weighted by Gasteiger charge is -2.06. The Morgan fingerprint density at radius 1 is 1.16 bits per heavy atom. The van der Waals surface area contributed by atoms with Crippen LogP contribution in [0.3, 0.4) is 0 Å². The Morgan fingerprint density at radius 3 is 2.72 bits per heavy atom. The van der Waals surface area contributed by atoms with Crippen LogP contribution in [-0.2, 0) is 9.53 Å². The maximum Gasteiger partial charge on any atom is 0.344 e. The molecule has 0 saturated carbocycles. The van der Waals surface area contributed by atoms with E-state index in [0.717, 1.165) is 5.56 Å². The Kier molecular flexibility index (Phi) is 4.95. The molecule has 0 saturated heterocycles. The predicted molar refractivity (Wildman–Crippen MR) is 92.5 cm³/mol. The molecule has 5 heteroatoms. The highest BCUT2D eigenvalue weighted by Crippen LogP contribution is 2.34. The first-order chi connectivity index (χ1) is 12.2. The molecule has 0 bridgehead atoms. The van der Waals surface area contributed by atoms with Crippen molar-refractivity contribution in [2.24, 2.45) is 0 Å². The van der Waals surface area contributed by atoms with Gasteiger partial charge >= 0.3 is 5.97 Å². The van der Waals surface area contributed by atoms with E-state index < -0.39 is 5.97 Å². The standard InChI is InChI=1S/C20H16O5/c1-2-10-23-19(21)13-24-15-8-9-16-17(12-15)25-18(20(16)22)11-14-6-4-3-5-7-14/h2-9,11-12H,1,10,13H2/b18-11-. The molecular formula is C20H16O5. The van der Waals surface area contributed by atoms with Crippen LogP contribution in [0.4, 0.5) is 0 Å². The molecular weight excluding hydrogens is 320 g/mol. The molecule has 3 rings (SSSR count). The summed E-state index contributed by atoms with van der Waals surface area (Å²) in [6, 6.07) is 14.3. The van der Waals surface area contributed by atoms with Gasteiger partial charge in [-0.3, -0.25) is 4.79 Å². The van der Waals surface area contributed by atoms with Crippen molar-refractivity contribution < 1.29 is 23.8 Å². The number of Topliss-reactive ketones (excluding diaryl/α,β-unsaturated/α-hetero) is 1. The van der Waals surface area contributed by atoms with Crippen LogP contribution in [-0.4, -0.2) is 25.0 Å². The average molecular weight is 336 g/mol. The fraction of sp³-hybridized carbons (Fsp3) is 0.100. The van der Waals surface area contributed by atoms with Gasteiger partial charge in [-0.1, -0.05) is 43.0 Å². The Hall–Kier alpha value is -3.34. The van der Waals surface area contributed by atoms with Gasteiger partial charge in [-0.2, -0.15) is 0 Å². The first-order valence-electron chi connectivity index (χ1n) is 7.70. The maximum atomic E-state index is 12.4. The van der Waals surface area contributed by atoms with Crippen LogP contribution in [0.5, 0.6) is 11.5 Å². The highest BCUT2D eigenvalue weighted by Gasteiger charge is 2.27. The van der Waals surface area contributed by atoms with Crippen molar-refractivity contribution in [1.82, 2.24) is 0 Å². The number of fused-ring (bicyclic) bond motifs is 1. The van der Waals surface area contributed by atoms with Crippen molar-refractivity contribution in [1.29, 1.82) is 0 Å². The first-order valence-corrected chi connectivity index (χ1v) is 7.70. The number of benzene rings is 2. The summed E-state index contributed by atoms with van der Waals surface area (Å²) in [7, 11) is 0. The maximum absolute atomic E-state index is 12.4. The molecule has 1 heterocycles. The highest BCUT2D eigenvalue weighted by molar-refractivity contribution is 6.14. The number of carbonyl (C=O) groups excluding carboxylic acids is 2. The number of hydrogen-bond donors (Lipinski definition) is 0. The molecule has 0 fully saturated rings. The molecule has 2 aromatic carbocycles. The third kappa shape index (κ3) is 3.95. The zero-order chi connectivity index (χ0) is 17.6. The van der Waals surface area contributed by atoms with Gasteiger partial charge in [-0.15, -0.1) is 0 Å². The van der Waals surface area contributed by atoms with E-state index in [4.69, 9.17) is 14.2 Å². The van der Waals surface area contributed by atoms with E-state index in [-0.39, 0.29) is 24.8 Å². The lowest BCUT2D eigenvalue weighted by molar-refractivity contribution is -0.144. The zero-order valence-electron chi connectivity index (χ0n) is 13.4. The van der Waals surface area contributed by atoms with Gasteiger partial charge in [0.25, 0.3) is 0 Å². The molecule has 126 valence electrons. The molecule has 0 unspecified atom stereocenters. The molecule has 0 atom stereocenters. The smallest absolute Gasteiger partial charge is 0.344 e. The van der Waals surface area contributed by atoms with E-state index in [1.165, 1.54) is 6.08 Å². The number of allylic oxidation sites excluding steroid dienone is 1. The Balaban J connectivity index is 1.70. The molecule has 0 aliphatic carbocycles. The summed E-state index contributed by atoms with van der Waals surface area (Å²) >= 11 is 0. The Bertz CT molecular complexity index is 836. The third-order valence-electron chi connectivity index (χ3n) is 3.46. The van der Waals surface area contributed by atoms with E-state index in [0.29, 0.717) is 17.1 Å². The Labute approximate surface area is 145 Å². The summed E-state index contributed by atoms with van der Waals surface area (Å²) in [5.74, 6) is 0.397. The summed E-state index contributed by atoms with van der Waals surface area (Å²) in [6.07, 6.45) is 3.17. The highest BCUT2D eigenvalue weighted by atomic mass is 16.6. The average Bonchev–Trinajstić information content (AvgIpc) is 2.94. The molecule has 1 aliphatic heterocycles. The van der Waals surface area contributed by atoms with Gasteiger partial charge < -0.3 is 14.2 Å². The fourth-order valence-electron chi connectivity index (χ4n) is 2.29. The van der Waals surface area contributed by atoms with Crippen LogP contribution in [0, 0.1) is 0 Å². The van der Waals surface area contributed by atoms with E-state index in [1.54, 1.807) is 24.3 Å². The molecule has 25 heavy (non-hydrogen) atoms. The monoisotopic (exact) mass is 336 g/mol. The summed E-state index contributed by atoms with van der Waals surface area (Å²) in [4.78, 5) is 23.8. The topological polar surface area (TPSA) is 61.8 Å². The van der Waals surface area contributed by atoms with Crippen molar-refractivity contribution in [3.8, 4) is 11.5 Å². The number of rotatable bonds is 6. The molecule has 2 aromatic rings. The number of hydrogen-bond acceptors (Lipinski definition) is 5. The van der Waals surface area contributed by atoms with Crippen LogP contribution in [0.15, 0.2) is 66.9 Å². The molecule has 0 aromatic heterocycles. The first kappa shape index (κ1) is 16.5. The molecule has 0 N–H and O–H groups in total. The van der Waals surface area contributed by atoms with Crippen LogP contribution in [0.25, 0.3) is 6.08 Å². The van der Waals surface area contributed by atoms with Crippen molar-refractivity contribution in [2.75, 3.05) is 13.2 Å². The minimum atomic E-state index is -0.498. The third-order valence-corrected chi connectivity index (χ3v) is 3.46. The molecule has 0 spiro atoms. The van der Waals surface area contributed by atoms with E-state index in [1.807, 2.05) is 30.3 Å². The normalized spacial score (nSPS) is 13.9. The second kappa shape index (κ2) is 7.49. The summed E-state index contributed by atoms with van der Waals surface area (Å²) in [5.41, 5.74) is 1.34. The van der Waals surface area contributed by atoms with E-state index in [2.05, 4.69) is 6.58 Å². The number of ketones is 1. The lowest BCUT2D eigenvalue weighted by Crippen LogP contribution is -2.14. The second-order valence-electron chi connectivity index (χ2n) is 5.27. The number of esters is 1. The summed E-state index contributed by atoms with van der Waals surface area (Å²) in [5, 5.41) is 0. The second-order valence-corrected chi connectivity index (χ2v) is 5.27. The van der Waals surface area contributed by atoms with Gasteiger partial charge in [0.15, 0.2) is 12.4 Å². The SMILES string of the molecule is C=CCOC(=O)COc1ccc2c(c1)O/C(=C\c1ccccc1)C2=O. The van der Waals surface area contributed by atoms with Gasteiger partial charge in [0, 0.05) is 6.07 Å². The molecule has 5 nitrogen and oxygen atoms in total. The molecule has 0 amide bonds. The van der Waals surface area contributed by atoms with Gasteiger partial charge in [0.2, 0.25) is 5.78 Å². The van der Waals surface area contributed by atoms with Gasteiger partial charge in [0.1, 0.15) is 18.1 Å². The Morgan fingerprint density at radius 2 is 1.96 bits per heavy atom. The van der Waals surface area contributed by atoms with Crippen molar-refractivity contribution in [3.05, 3.63) is 78.1 Å². The van der Waals surface area contributed by atoms with E-state index >= 15 is 0 Å². The number of carbonyl (C=O) groups is 2. The van der Waals surface area contributed by atoms with Crippen LogP contribution >= 0.6 is 0 Å². The van der Waals surface area contributed by atoms with Gasteiger partial charge in [-0.25, -0.2) is 4.79 Å². The fourth-order valence-corrected chi connectivity index (χ4v) is 2.29. The van der Waals surface area contributed by atoms with Gasteiger partial charge in [0.05, 0.1) is 5.56 Å². The number of ether oxygens (including phenoxy) is 3. The van der Waals surface area contributed by atoms with Crippen molar-refractivity contribution in [2.45, 2.75) is 0 Å². The minimum absolute atomic E-state index is 0.137. The zero-order valence-corrected chi connectivity index (χ0v) is 13.4. The predicted octanol–water partition coefficient (Wildman–Crippen LogP) is 3.41. The van der Waals surface area contributed by atoms with Crippen LogP contribution < -0.4 is 9.47 Å². The summed E-state index contributed by atoms with van der Waals surface area (Å²) < 4.78 is 15.8.